The molecule has 0 aliphatic rings. The van der Waals surface area contributed by atoms with Crippen LogP contribution in [0.1, 0.15) is 25.2 Å². The first-order valence-electron chi connectivity index (χ1n) is 4.75. The van der Waals surface area contributed by atoms with Gasteiger partial charge in [0.25, 0.3) is 0 Å². The van der Waals surface area contributed by atoms with Gasteiger partial charge in [-0.05, 0) is 26.8 Å². The van der Waals surface area contributed by atoms with Gasteiger partial charge < -0.3 is 5.32 Å². The van der Waals surface area contributed by atoms with Crippen molar-refractivity contribution in [2.24, 2.45) is 7.05 Å². The van der Waals surface area contributed by atoms with E-state index in [9.17, 15) is 0 Å². The number of hydrogen-bond acceptors (Lipinski definition) is 2. The highest BCUT2D eigenvalue weighted by atomic mass is 35.5. The van der Waals surface area contributed by atoms with Crippen molar-refractivity contribution in [1.82, 2.24) is 15.1 Å². The van der Waals surface area contributed by atoms with Gasteiger partial charge in [0.15, 0.2) is 0 Å². The highest BCUT2D eigenvalue weighted by Crippen LogP contribution is 2.07. The highest BCUT2D eigenvalue weighted by Gasteiger charge is 2.15. The zero-order valence-electron chi connectivity index (χ0n) is 9.26. The largest absolute Gasteiger partial charge is 0.305 e. The second kappa shape index (κ2) is 4.32. The number of hydrogen-bond donors (Lipinski definition) is 1. The minimum absolute atomic E-state index is 0.0280. The number of nitrogens with zero attached hydrogens (tertiary/aromatic N) is 2. The Morgan fingerprint density at radius 1 is 1.57 bits per heavy atom. The molecule has 0 aliphatic carbocycles. The average Bonchev–Trinajstić information content (AvgIpc) is 2.42. The quantitative estimate of drug-likeness (QED) is 0.777. The molecule has 0 unspecified atom stereocenters. The number of aromatic nitrogens is 2. The fourth-order valence-electron chi connectivity index (χ4n) is 1.21. The zero-order chi connectivity index (χ0) is 10.8. The lowest BCUT2D eigenvalue weighted by Gasteiger charge is -2.23. The van der Waals surface area contributed by atoms with Crippen molar-refractivity contribution in [2.45, 2.75) is 32.9 Å². The van der Waals surface area contributed by atoms with Crippen LogP contribution in [0, 0.1) is 6.92 Å². The van der Waals surface area contributed by atoms with E-state index in [0.29, 0.717) is 5.88 Å². The molecule has 0 atom stereocenters. The van der Waals surface area contributed by atoms with Gasteiger partial charge in [0, 0.05) is 25.0 Å². The average molecular weight is 216 g/mol. The standard InChI is InChI=1S/C10H18ClN3/c1-8-5-9(14(4)13-8)6-12-10(2,3)7-11/h5,12H,6-7H2,1-4H3. The molecular weight excluding hydrogens is 198 g/mol. The third-order valence-corrected chi connectivity index (χ3v) is 2.85. The van der Waals surface area contributed by atoms with Gasteiger partial charge in [-0.2, -0.15) is 5.10 Å². The van der Waals surface area contributed by atoms with Crippen LogP contribution >= 0.6 is 11.6 Å². The lowest BCUT2D eigenvalue weighted by atomic mass is 10.1. The van der Waals surface area contributed by atoms with Gasteiger partial charge in [-0.15, -0.1) is 11.6 Å². The molecule has 1 rings (SSSR count). The molecule has 0 amide bonds. The second-order valence-corrected chi connectivity index (χ2v) is 4.54. The molecule has 80 valence electrons. The third-order valence-electron chi connectivity index (χ3n) is 2.18. The van der Waals surface area contributed by atoms with E-state index >= 15 is 0 Å². The fraction of sp³-hybridized carbons (Fsp3) is 0.700. The molecule has 14 heavy (non-hydrogen) atoms. The van der Waals surface area contributed by atoms with Crippen molar-refractivity contribution in [3.63, 3.8) is 0 Å². The molecule has 0 spiro atoms. The minimum atomic E-state index is -0.0280. The summed E-state index contributed by atoms with van der Waals surface area (Å²) >= 11 is 5.82. The normalized spacial score (nSPS) is 12.1. The number of halogens is 1. The van der Waals surface area contributed by atoms with E-state index in [1.807, 2.05) is 18.7 Å². The minimum Gasteiger partial charge on any atom is -0.305 e. The molecule has 1 heterocycles. The van der Waals surface area contributed by atoms with E-state index in [2.05, 4.69) is 30.3 Å². The molecule has 0 fully saturated rings. The van der Waals surface area contributed by atoms with Crippen molar-refractivity contribution in [2.75, 3.05) is 5.88 Å². The number of rotatable bonds is 4. The molecular formula is C10H18ClN3. The maximum atomic E-state index is 5.82. The molecule has 0 radical (unpaired) electrons. The van der Waals surface area contributed by atoms with Crippen LogP contribution in [0.5, 0.6) is 0 Å². The number of alkyl halides is 1. The second-order valence-electron chi connectivity index (χ2n) is 4.27. The van der Waals surface area contributed by atoms with Gasteiger partial charge in [0.2, 0.25) is 0 Å². The molecule has 1 aromatic heterocycles. The Bertz CT molecular complexity index is 304. The van der Waals surface area contributed by atoms with Crippen LogP contribution in [0.2, 0.25) is 0 Å². The predicted molar refractivity (Wildman–Crippen MR) is 59.6 cm³/mol. The molecule has 3 nitrogen and oxygen atoms in total. The fourth-order valence-corrected chi connectivity index (χ4v) is 1.30. The lowest BCUT2D eigenvalue weighted by molar-refractivity contribution is 0.421. The van der Waals surface area contributed by atoms with Gasteiger partial charge >= 0.3 is 0 Å². The topological polar surface area (TPSA) is 29.9 Å². The molecule has 0 aromatic carbocycles. The molecule has 0 saturated carbocycles. The summed E-state index contributed by atoms with van der Waals surface area (Å²) in [5, 5.41) is 7.67. The van der Waals surface area contributed by atoms with Crippen molar-refractivity contribution in [3.8, 4) is 0 Å². The summed E-state index contributed by atoms with van der Waals surface area (Å²) in [7, 11) is 1.96. The van der Waals surface area contributed by atoms with Crippen molar-refractivity contribution >= 4 is 11.6 Å². The van der Waals surface area contributed by atoms with E-state index in [1.54, 1.807) is 0 Å². The maximum absolute atomic E-state index is 5.82. The number of nitrogens with one attached hydrogen (secondary N) is 1. The predicted octanol–water partition coefficient (Wildman–Crippen LogP) is 1.84. The van der Waals surface area contributed by atoms with Gasteiger partial charge in [0.1, 0.15) is 0 Å². The number of aryl methyl sites for hydroxylation is 2. The van der Waals surface area contributed by atoms with E-state index in [0.717, 1.165) is 12.2 Å². The Balaban J connectivity index is 2.58. The first kappa shape index (κ1) is 11.5. The van der Waals surface area contributed by atoms with Crippen LogP contribution in [0.3, 0.4) is 0 Å². The summed E-state index contributed by atoms with van der Waals surface area (Å²) in [6.07, 6.45) is 0. The summed E-state index contributed by atoms with van der Waals surface area (Å²) in [5.41, 5.74) is 2.20. The van der Waals surface area contributed by atoms with Gasteiger partial charge in [-0.3, -0.25) is 4.68 Å². The molecule has 1 N–H and O–H groups in total. The van der Waals surface area contributed by atoms with E-state index in [-0.39, 0.29) is 5.54 Å². The van der Waals surface area contributed by atoms with Crippen LogP contribution in [-0.2, 0) is 13.6 Å². The zero-order valence-corrected chi connectivity index (χ0v) is 10.0. The first-order valence-corrected chi connectivity index (χ1v) is 5.28. The van der Waals surface area contributed by atoms with Crippen molar-refractivity contribution in [3.05, 3.63) is 17.5 Å². The van der Waals surface area contributed by atoms with Gasteiger partial charge in [-0.25, -0.2) is 0 Å². The Hall–Kier alpha value is -0.540. The van der Waals surface area contributed by atoms with Crippen LogP contribution in [0.25, 0.3) is 0 Å². The van der Waals surface area contributed by atoms with E-state index in [4.69, 9.17) is 11.6 Å². The smallest absolute Gasteiger partial charge is 0.0597 e. The monoisotopic (exact) mass is 215 g/mol. The van der Waals surface area contributed by atoms with Gasteiger partial charge in [-0.1, -0.05) is 0 Å². The summed E-state index contributed by atoms with van der Waals surface area (Å²) in [4.78, 5) is 0. The molecule has 0 saturated heterocycles. The van der Waals surface area contributed by atoms with E-state index < -0.39 is 0 Å². The van der Waals surface area contributed by atoms with E-state index in [1.165, 1.54) is 5.69 Å². The van der Waals surface area contributed by atoms with Gasteiger partial charge in [0.05, 0.1) is 11.4 Å². The van der Waals surface area contributed by atoms with Crippen LogP contribution < -0.4 is 5.32 Å². The Kier molecular flexibility index (Phi) is 3.56. The Labute approximate surface area is 90.4 Å². The van der Waals surface area contributed by atoms with Crippen molar-refractivity contribution in [1.29, 1.82) is 0 Å². The Morgan fingerprint density at radius 3 is 2.64 bits per heavy atom. The lowest BCUT2D eigenvalue weighted by Crippen LogP contribution is -2.40. The van der Waals surface area contributed by atoms with Crippen LogP contribution in [0.4, 0.5) is 0 Å². The van der Waals surface area contributed by atoms with Crippen molar-refractivity contribution < 1.29 is 0 Å². The highest BCUT2D eigenvalue weighted by molar-refractivity contribution is 6.18. The first-order chi connectivity index (χ1) is 6.44. The molecule has 0 bridgehead atoms. The third kappa shape index (κ3) is 3.00. The molecule has 4 heteroatoms. The Morgan fingerprint density at radius 2 is 2.21 bits per heavy atom. The van der Waals surface area contributed by atoms with Crippen LogP contribution in [-0.4, -0.2) is 21.2 Å². The maximum Gasteiger partial charge on any atom is 0.0597 e. The molecule has 0 aliphatic heterocycles. The van der Waals surface area contributed by atoms with Crippen LogP contribution in [0.15, 0.2) is 6.07 Å². The summed E-state index contributed by atoms with van der Waals surface area (Å²) in [6.45, 7) is 6.97. The summed E-state index contributed by atoms with van der Waals surface area (Å²) in [6, 6.07) is 2.08. The molecule has 1 aromatic rings. The summed E-state index contributed by atoms with van der Waals surface area (Å²) < 4.78 is 1.90. The SMILES string of the molecule is Cc1cc(CNC(C)(C)CCl)n(C)n1. The summed E-state index contributed by atoms with van der Waals surface area (Å²) in [5.74, 6) is 0.601.